The molecule has 2 rings (SSSR count). The number of likely N-dealkylation sites (tertiary alicyclic amines) is 1. The van der Waals surface area contributed by atoms with E-state index in [2.05, 4.69) is 23.0 Å². The quantitative estimate of drug-likeness (QED) is 0.731. The Morgan fingerprint density at radius 1 is 1.57 bits per heavy atom. The molecule has 0 aromatic carbocycles. The van der Waals surface area contributed by atoms with Crippen molar-refractivity contribution < 1.29 is 0 Å². The summed E-state index contributed by atoms with van der Waals surface area (Å²) in [5, 5.41) is 4.36. The Balaban J connectivity index is 1.93. The van der Waals surface area contributed by atoms with Gasteiger partial charge in [0.25, 0.3) is 0 Å². The largest absolute Gasteiger partial charge is 0.326 e. The first-order valence-corrected chi connectivity index (χ1v) is 5.11. The molecule has 14 heavy (non-hydrogen) atoms. The van der Waals surface area contributed by atoms with E-state index in [0.717, 1.165) is 25.3 Å². The van der Waals surface area contributed by atoms with Gasteiger partial charge in [0, 0.05) is 38.9 Å². The van der Waals surface area contributed by atoms with E-state index in [-0.39, 0.29) is 0 Å². The number of nitrogens with zero attached hydrogens (tertiary/aromatic N) is 3. The van der Waals surface area contributed by atoms with Crippen molar-refractivity contribution >= 4 is 0 Å². The van der Waals surface area contributed by atoms with Crippen molar-refractivity contribution in [2.75, 3.05) is 13.1 Å². The van der Waals surface area contributed by atoms with Crippen molar-refractivity contribution in [1.29, 1.82) is 0 Å². The highest BCUT2D eigenvalue weighted by atomic mass is 15.3. The van der Waals surface area contributed by atoms with Gasteiger partial charge in [-0.25, -0.2) is 0 Å². The molecule has 2 heterocycles. The number of rotatable bonds is 2. The second-order valence-electron chi connectivity index (χ2n) is 4.32. The van der Waals surface area contributed by atoms with Crippen LogP contribution in [0.3, 0.4) is 0 Å². The average molecular weight is 194 g/mol. The van der Waals surface area contributed by atoms with Crippen LogP contribution in [0.1, 0.15) is 12.6 Å². The third kappa shape index (κ3) is 1.96. The van der Waals surface area contributed by atoms with Crippen LogP contribution in [0.2, 0.25) is 0 Å². The molecule has 1 aliphatic rings. The molecule has 4 heteroatoms. The van der Waals surface area contributed by atoms with Crippen LogP contribution in [0.4, 0.5) is 0 Å². The molecule has 4 nitrogen and oxygen atoms in total. The molecule has 2 N–H and O–H groups in total. The van der Waals surface area contributed by atoms with Crippen molar-refractivity contribution in [3.63, 3.8) is 0 Å². The lowest BCUT2D eigenvalue weighted by Crippen LogP contribution is -2.28. The molecule has 0 amide bonds. The van der Waals surface area contributed by atoms with Crippen molar-refractivity contribution in [2.24, 2.45) is 18.7 Å². The zero-order valence-corrected chi connectivity index (χ0v) is 8.85. The minimum absolute atomic E-state index is 0.332. The van der Waals surface area contributed by atoms with Gasteiger partial charge < -0.3 is 5.73 Å². The molecular weight excluding hydrogens is 176 g/mol. The summed E-state index contributed by atoms with van der Waals surface area (Å²) in [5.41, 5.74) is 7.09. The molecule has 1 aromatic heterocycles. The van der Waals surface area contributed by atoms with Gasteiger partial charge in [-0.15, -0.1) is 0 Å². The number of hydrogen-bond acceptors (Lipinski definition) is 3. The van der Waals surface area contributed by atoms with Gasteiger partial charge in [0.1, 0.15) is 0 Å². The zero-order chi connectivity index (χ0) is 10.1. The van der Waals surface area contributed by atoms with E-state index in [0.29, 0.717) is 12.0 Å². The lowest BCUT2D eigenvalue weighted by molar-refractivity contribution is 0.314. The van der Waals surface area contributed by atoms with Crippen molar-refractivity contribution in [3.8, 4) is 0 Å². The Hall–Kier alpha value is -0.870. The fraction of sp³-hybridized carbons (Fsp3) is 0.700. The minimum Gasteiger partial charge on any atom is -0.326 e. The topological polar surface area (TPSA) is 47.1 Å². The van der Waals surface area contributed by atoms with E-state index in [4.69, 9.17) is 5.73 Å². The monoisotopic (exact) mass is 194 g/mol. The molecule has 0 radical (unpaired) electrons. The van der Waals surface area contributed by atoms with E-state index < -0.39 is 0 Å². The molecular formula is C10H18N4. The third-order valence-corrected chi connectivity index (χ3v) is 2.90. The predicted octanol–water partition coefficient (Wildman–Crippen LogP) is 0.199. The number of aryl methyl sites for hydroxylation is 1. The molecule has 1 aromatic rings. The molecule has 0 bridgehead atoms. The van der Waals surface area contributed by atoms with Gasteiger partial charge in [0.15, 0.2) is 0 Å². The van der Waals surface area contributed by atoms with Gasteiger partial charge in [-0.1, -0.05) is 6.92 Å². The molecule has 1 fully saturated rings. The minimum atomic E-state index is 0.332. The van der Waals surface area contributed by atoms with E-state index in [1.54, 1.807) is 0 Å². The van der Waals surface area contributed by atoms with Crippen molar-refractivity contribution in [2.45, 2.75) is 19.5 Å². The van der Waals surface area contributed by atoms with Crippen LogP contribution < -0.4 is 5.73 Å². The highest BCUT2D eigenvalue weighted by Crippen LogP contribution is 2.16. The molecule has 0 aliphatic carbocycles. The van der Waals surface area contributed by atoms with E-state index in [1.807, 2.05) is 17.9 Å². The predicted molar refractivity (Wildman–Crippen MR) is 55.6 cm³/mol. The lowest BCUT2D eigenvalue weighted by atomic mass is 10.1. The van der Waals surface area contributed by atoms with Gasteiger partial charge in [-0.3, -0.25) is 9.58 Å². The molecule has 78 valence electrons. The van der Waals surface area contributed by atoms with Gasteiger partial charge in [0.05, 0.1) is 5.69 Å². The molecule has 1 aliphatic heterocycles. The summed E-state index contributed by atoms with van der Waals surface area (Å²) in [6.07, 6.45) is 1.98. The van der Waals surface area contributed by atoms with E-state index >= 15 is 0 Å². The van der Waals surface area contributed by atoms with Crippen LogP contribution in [0.15, 0.2) is 12.3 Å². The van der Waals surface area contributed by atoms with Crippen LogP contribution in [-0.2, 0) is 13.6 Å². The van der Waals surface area contributed by atoms with Crippen molar-refractivity contribution in [3.05, 3.63) is 18.0 Å². The standard InChI is InChI=1S/C10H18N4/c1-8-5-14(7-10(8)11)6-9-3-4-13(2)12-9/h3-4,8,10H,5-7,11H2,1-2H3. The molecule has 1 saturated heterocycles. The summed E-state index contributed by atoms with van der Waals surface area (Å²) < 4.78 is 1.84. The normalized spacial score (nSPS) is 28.5. The Kier molecular flexibility index (Phi) is 2.56. The first kappa shape index (κ1) is 9.68. The fourth-order valence-electron chi connectivity index (χ4n) is 2.00. The van der Waals surface area contributed by atoms with Gasteiger partial charge in [-0.05, 0) is 12.0 Å². The zero-order valence-electron chi connectivity index (χ0n) is 8.85. The van der Waals surface area contributed by atoms with E-state index in [1.165, 1.54) is 0 Å². The summed E-state index contributed by atoms with van der Waals surface area (Å²) in [5.74, 6) is 0.610. The average Bonchev–Trinajstić information content (AvgIpc) is 2.62. The van der Waals surface area contributed by atoms with Gasteiger partial charge >= 0.3 is 0 Å². The molecule has 2 unspecified atom stereocenters. The summed E-state index contributed by atoms with van der Waals surface area (Å²) in [7, 11) is 1.95. The summed E-state index contributed by atoms with van der Waals surface area (Å²) in [6.45, 7) is 5.23. The van der Waals surface area contributed by atoms with Gasteiger partial charge in [-0.2, -0.15) is 5.10 Å². The number of aromatic nitrogens is 2. The Bertz CT molecular complexity index is 297. The summed E-state index contributed by atoms with van der Waals surface area (Å²) >= 11 is 0. The molecule has 0 saturated carbocycles. The number of nitrogens with two attached hydrogens (primary N) is 1. The maximum Gasteiger partial charge on any atom is 0.0764 e. The maximum absolute atomic E-state index is 5.96. The summed E-state index contributed by atoms with van der Waals surface area (Å²) in [6, 6.07) is 2.40. The Labute approximate surface area is 84.7 Å². The van der Waals surface area contributed by atoms with Crippen LogP contribution in [0.5, 0.6) is 0 Å². The van der Waals surface area contributed by atoms with Crippen LogP contribution >= 0.6 is 0 Å². The second kappa shape index (κ2) is 3.71. The first-order chi connectivity index (χ1) is 6.65. The van der Waals surface area contributed by atoms with E-state index in [9.17, 15) is 0 Å². The number of hydrogen-bond donors (Lipinski definition) is 1. The van der Waals surface area contributed by atoms with Crippen LogP contribution in [0, 0.1) is 5.92 Å². The van der Waals surface area contributed by atoms with Crippen LogP contribution in [0.25, 0.3) is 0 Å². The first-order valence-electron chi connectivity index (χ1n) is 5.11. The molecule has 2 atom stereocenters. The summed E-state index contributed by atoms with van der Waals surface area (Å²) in [4.78, 5) is 2.37. The third-order valence-electron chi connectivity index (χ3n) is 2.90. The lowest BCUT2D eigenvalue weighted by Gasteiger charge is -2.12. The fourth-order valence-corrected chi connectivity index (χ4v) is 2.00. The highest BCUT2D eigenvalue weighted by Gasteiger charge is 2.26. The van der Waals surface area contributed by atoms with Crippen molar-refractivity contribution in [1.82, 2.24) is 14.7 Å². The SMILES string of the molecule is CC1CN(Cc2ccn(C)n2)CC1N. The Morgan fingerprint density at radius 2 is 2.36 bits per heavy atom. The van der Waals surface area contributed by atoms with Crippen LogP contribution in [-0.4, -0.2) is 33.8 Å². The Morgan fingerprint density at radius 3 is 2.86 bits per heavy atom. The van der Waals surface area contributed by atoms with Gasteiger partial charge in [0.2, 0.25) is 0 Å². The highest BCUT2D eigenvalue weighted by molar-refractivity contribution is 5.00. The second-order valence-corrected chi connectivity index (χ2v) is 4.32. The molecule has 0 spiro atoms. The smallest absolute Gasteiger partial charge is 0.0764 e. The maximum atomic E-state index is 5.96.